The van der Waals surface area contributed by atoms with Crippen LogP contribution in [0, 0.1) is 6.92 Å². The SMILES string of the molecule is Cc1cc2nn(-c3ccc(C(C)C)cc3)nc2cc1NC(=S)NC(=O)C(C)Oc1ccc(Cl)cc1Cl. The first-order chi connectivity index (χ1) is 17.1. The van der Waals surface area contributed by atoms with Crippen LogP contribution in [0.1, 0.15) is 37.8 Å². The Labute approximate surface area is 224 Å². The molecule has 1 heterocycles. The quantitative estimate of drug-likeness (QED) is 0.273. The number of nitrogens with one attached hydrogen (secondary N) is 2. The number of hydrogen-bond acceptors (Lipinski definition) is 5. The summed E-state index contributed by atoms with van der Waals surface area (Å²) in [6, 6.07) is 16.7. The van der Waals surface area contributed by atoms with Crippen LogP contribution in [0.4, 0.5) is 5.69 Å². The van der Waals surface area contributed by atoms with E-state index in [1.807, 2.05) is 31.2 Å². The first-order valence-corrected chi connectivity index (χ1v) is 12.5. The molecule has 0 spiro atoms. The smallest absolute Gasteiger partial charge is 0.266 e. The molecule has 0 saturated heterocycles. The molecule has 0 bridgehead atoms. The van der Waals surface area contributed by atoms with Gasteiger partial charge in [0.2, 0.25) is 0 Å². The lowest BCUT2D eigenvalue weighted by atomic mass is 10.0. The summed E-state index contributed by atoms with van der Waals surface area (Å²) in [5.41, 5.74) is 5.19. The Hall–Kier alpha value is -3.20. The van der Waals surface area contributed by atoms with Gasteiger partial charge in [-0.3, -0.25) is 10.1 Å². The number of aromatic nitrogens is 3. The van der Waals surface area contributed by atoms with Crippen molar-refractivity contribution in [2.45, 2.75) is 39.7 Å². The van der Waals surface area contributed by atoms with Crippen molar-refractivity contribution in [1.82, 2.24) is 20.3 Å². The Balaban J connectivity index is 1.44. The molecule has 0 radical (unpaired) electrons. The number of carbonyl (C=O) groups is 1. The third-order valence-corrected chi connectivity index (χ3v) is 6.30. The van der Waals surface area contributed by atoms with Crippen LogP contribution in [0.2, 0.25) is 10.0 Å². The molecule has 0 saturated carbocycles. The maximum absolute atomic E-state index is 12.6. The second-order valence-corrected chi connectivity index (χ2v) is 9.92. The molecule has 2 N–H and O–H groups in total. The first-order valence-electron chi connectivity index (χ1n) is 11.3. The molecule has 0 aliphatic carbocycles. The van der Waals surface area contributed by atoms with E-state index in [0.717, 1.165) is 16.8 Å². The van der Waals surface area contributed by atoms with Gasteiger partial charge in [-0.2, -0.15) is 4.80 Å². The van der Waals surface area contributed by atoms with E-state index in [4.69, 9.17) is 40.2 Å². The molecule has 7 nitrogen and oxygen atoms in total. The van der Waals surface area contributed by atoms with E-state index in [9.17, 15) is 4.79 Å². The third-order valence-electron chi connectivity index (χ3n) is 5.57. The van der Waals surface area contributed by atoms with E-state index in [2.05, 4.69) is 46.8 Å². The molecule has 186 valence electrons. The van der Waals surface area contributed by atoms with Gasteiger partial charge in [-0.05, 0) is 85.6 Å². The number of anilines is 1. The van der Waals surface area contributed by atoms with Gasteiger partial charge in [0.15, 0.2) is 11.2 Å². The number of hydrogen-bond donors (Lipinski definition) is 2. The van der Waals surface area contributed by atoms with Crippen molar-refractivity contribution in [3.8, 4) is 11.4 Å². The van der Waals surface area contributed by atoms with Crippen LogP contribution in [-0.2, 0) is 4.79 Å². The van der Waals surface area contributed by atoms with Gasteiger partial charge >= 0.3 is 0 Å². The molecule has 3 aromatic carbocycles. The van der Waals surface area contributed by atoms with E-state index in [1.165, 1.54) is 5.56 Å². The van der Waals surface area contributed by atoms with Crippen molar-refractivity contribution in [1.29, 1.82) is 0 Å². The van der Waals surface area contributed by atoms with E-state index in [0.29, 0.717) is 32.9 Å². The van der Waals surface area contributed by atoms with Gasteiger partial charge in [-0.15, -0.1) is 10.2 Å². The van der Waals surface area contributed by atoms with E-state index < -0.39 is 12.0 Å². The zero-order valence-corrected chi connectivity index (χ0v) is 22.5. The minimum Gasteiger partial charge on any atom is -0.479 e. The predicted molar refractivity (Wildman–Crippen MR) is 149 cm³/mol. The Morgan fingerprint density at radius 2 is 1.67 bits per heavy atom. The Bertz CT molecular complexity index is 1440. The lowest BCUT2D eigenvalue weighted by molar-refractivity contribution is -0.125. The van der Waals surface area contributed by atoms with Crippen LogP contribution in [0.25, 0.3) is 16.7 Å². The summed E-state index contributed by atoms with van der Waals surface area (Å²) in [5, 5.41) is 15.9. The Kier molecular flexibility index (Phi) is 7.78. The fourth-order valence-electron chi connectivity index (χ4n) is 3.49. The standard InChI is InChI=1S/C26H25Cl2N5O2S/c1-14(2)17-5-8-19(9-6-17)33-31-22-11-15(3)21(13-23(22)32-33)29-26(36)30-25(34)16(4)35-24-10-7-18(27)12-20(24)28/h5-14,16H,1-4H3,(H2,29,30,34,36). The highest BCUT2D eigenvalue weighted by atomic mass is 35.5. The van der Waals surface area contributed by atoms with E-state index in [1.54, 1.807) is 29.9 Å². The average molecular weight is 542 g/mol. The summed E-state index contributed by atoms with van der Waals surface area (Å²) in [4.78, 5) is 14.2. The van der Waals surface area contributed by atoms with Crippen molar-refractivity contribution in [2.75, 3.05) is 5.32 Å². The zero-order chi connectivity index (χ0) is 26.0. The van der Waals surface area contributed by atoms with Crippen LogP contribution in [0.5, 0.6) is 5.75 Å². The van der Waals surface area contributed by atoms with Gasteiger partial charge in [-0.25, -0.2) is 0 Å². The fraction of sp³-hybridized carbons (Fsp3) is 0.231. The molecule has 10 heteroatoms. The van der Waals surface area contributed by atoms with Crippen molar-refractivity contribution in [3.63, 3.8) is 0 Å². The number of amides is 1. The number of thiocarbonyl (C=S) groups is 1. The molecule has 1 aromatic heterocycles. The zero-order valence-electron chi connectivity index (χ0n) is 20.2. The fourth-order valence-corrected chi connectivity index (χ4v) is 4.16. The monoisotopic (exact) mass is 541 g/mol. The number of fused-ring (bicyclic) bond motifs is 1. The average Bonchev–Trinajstić information content (AvgIpc) is 3.23. The minimum atomic E-state index is -0.839. The van der Waals surface area contributed by atoms with Gasteiger partial charge in [0.25, 0.3) is 5.91 Å². The van der Waals surface area contributed by atoms with E-state index >= 15 is 0 Å². The van der Waals surface area contributed by atoms with Gasteiger partial charge in [0, 0.05) is 10.7 Å². The van der Waals surface area contributed by atoms with Crippen molar-refractivity contribution < 1.29 is 9.53 Å². The molecule has 4 rings (SSSR count). The summed E-state index contributed by atoms with van der Waals surface area (Å²) in [6.07, 6.45) is -0.839. The Morgan fingerprint density at radius 1 is 1.00 bits per heavy atom. The lowest BCUT2D eigenvalue weighted by Gasteiger charge is -2.17. The molecule has 1 amide bonds. The van der Waals surface area contributed by atoms with Crippen LogP contribution >= 0.6 is 35.4 Å². The molecule has 36 heavy (non-hydrogen) atoms. The summed E-state index contributed by atoms with van der Waals surface area (Å²) < 4.78 is 5.65. The number of aryl methyl sites for hydroxylation is 1. The van der Waals surface area contributed by atoms with E-state index in [-0.39, 0.29) is 5.11 Å². The maximum Gasteiger partial charge on any atom is 0.266 e. The lowest BCUT2D eigenvalue weighted by Crippen LogP contribution is -2.42. The van der Waals surface area contributed by atoms with Gasteiger partial charge in [0.1, 0.15) is 16.8 Å². The molecule has 1 unspecified atom stereocenters. The summed E-state index contributed by atoms with van der Waals surface area (Å²) in [6.45, 7) is 7.84. The molecular weight excluding hydrogens is 517 g/mol. The molecule has 4 aromatic rings. The number of rotatable bonds is 6. The second kappa shape index (κ2) is 10.8. The normalized spacial score (nSPS) is 12.0. The van der Waals surface area contributed by atoms with Crippen molar-refractivity contribution >= 4 is 63.2 Å². The van der Waals surface area contributed by atoms with Crippen molar-refractivity contribution in [3.05, 3.63) is 75.8 Å². The minimum absolute atomic E-state index is 0.136. The summed E-state index contributed by atoms with van der Waals surface area (Å²) in [7, 11) is 0. The Morgan fingerprint density at radius 3 is 2.31 bits per heavy atom. The number of ether oxygens (including phenoxy) is 1. The molecule has 0 aliphatic heterocycles. The van der Waals surface area contributed by atoms with Crippen LogP contribution in [0.15, 0.2) is 54.6 Å². The largest absolute Gasteiger partial charge is 0.479 e. The highest BCUT2D eigenvalue weighted by molar-refractivity contribution is 7.80. The van der Waals surface area contributed by atoms with Gasteiger partial charge in [-0.1, -0.05) is 49.2 Å². The van der Waals surface area contributed by atoms with Crippen molar-refractivity contribution in [2.24, 2.45) is 0 Å². The number of nitrogens with zero attached hydrogens (tertiary/aromatic N) is 3. The van der Waals surface area contributed by atoms with Crippen LogP contribution in [0.3, 0.4) is 0 Å². The third kappa shape index (κ3) is 5.95. The predicted octanol–water partition coefficient (Wildman–Crippen LogP) is 6.44. The second-order valence-electron chi connectivity index (χ2n) is 8.67. The van der Waals surface area contributed by atoms with Gasteiger partial charge in [0.05, 0.1) is 10.7 Å². The summed E-state index contributed by atoms with van der Waals surface area (Å²) in [5.74, 6) is 0.382. The molecule has 0 aliphatic rings. The highest BCUT2D eigenvalue weighted by Gasteiger charge is 2.18. The number of halogens is 2. The molecule has 1 atom stereocenters. The first kappa shape index (κ1) is 25.9. The molecular formula is C26H25Cl2N5O2S. The maximum atomic E-state index is 12.6. The number of benzene rings is 3. The van der Waals surface area contributed by atoms with Crippen LogP contribution < -0.4 is 15.4 Å². The number of carbonyl (C=O) groups excluding carboxylic acids is 1. The topological polar surface area (TPSA) is 81.1 Å². The summed E-state index contributed by atoms with van der Waals surface area (Å²) >= 11 is 17.4. The van der Waals surface area contributed by atoms with Gasteiger partial charge < -0.3 is 10.1 Å². The molecule has 0 fully saturated rings. The highest BCUT2D eigenvalue weighted by Crippen LogP contribution is 2.28. The van der Waals surface area contributed by atoms with Crippen LogP contribution in [-0.4, -0.2) is 32.1 Å².